The summed E-state index contributed by atoms with van der Waals surface area (Å²) in [5.41, 5.74) is -0.597. The largest absolute Gasteiger partial charge is 0.451 e. The van der Waals surface area contributed by atoms with Crippen molar-refractivity contribution in [1.29, 1.82) is 0 Å². The quantitative estimate of drug-likeness (QED) is 0.754. The van der Waals surface area contributed by atoms with Crippen LogP contribution in [-0.4, -0.2) is 32.9 Å². The predicted octanol–water partition coefficient (Wildman–Crippen LogP) is 4.17. The summed E-state index contributed by atoms with van der Waals surface area (Å²) in [4.78, 5) is 12.1. The molecule has 2 aromatic rings. The molecule has 3 rings (SSSR count). The van der Waals surface area contributed by atoms with Gasteiger partial charge in [-0.15, -0.1) is 0 Å². The van der Waals surface area contributed by atoms with E-state index >= 15 is 0 Å². The van der Waals surface area contributed by atoms with Gasteiger partial charge < -0.3 is 0 Å². The number of aromatic nitrogens is 3. The lowest BCUT2D eigenvalue weighted by molar-refractivity contribution is -0.145. The Bertz CT molecular complexity index is 764. The van der Waals surface area contributed by atoms with Gasteiger partial charge in [0.25, 0.3) is 0 Å². The van der Waals surface area contributed by atoms with Crippen LogP contribution in [0.1, 0.15) is 29.8 Å². The highest BCUT2D eigenvalue weighted by Gasteiger charge is 2.36. The molecule has 1 aliphatic rings. The molecule has 0 bridgehead atoms. The van der Waals surface area contributed by atoms with E-state index in [1.165, 1.54) is 6.07 Å². The van der Waals surface area contributed by atoms with Crippen LogP contribution in [0.3, 0.4) is 0 Å². The first-order valence-electron chi connectivity index (χ1n) is 7.82. The van der Waals surface area contributed by atoms with Gasteiger partial charge in [0.15, 0.2) is 0 Å². The van der Waals surface area contributed by atoms with Crippen LogP contribution >= 0.6 is 0 Å². The van der Waals surface area contributed by atoms with Crippen LogP contribution in [0.15, 0.2) is 24.7 Å². The molecule has 1 aliphatic heterocycles. The third kappa shape index (κ3) is 4.12. The lowest BCUT2D eigenvalue weighted by Gasteiger charge is -2.19. The van der Waals surface area contributed by atoms with Gasteiger partial charge in [0.2, 0.25) is 5.82 Å². The van der Waals surface area contributed by atoms with Crippen LogP contribution in [0.25, 0.3) is 11.3 Å². The van der Waals surface area contributed by atoms with Crippen molar-refractivity contribution in [2.75, 3.05) is 13.1 Å². The average molecular weight is 376 g/mol. The minimum absolute atomic E-state index is 0.0318. The van der Waals surface area contributed by atoms with Gasteiger partial charge in [0.05, 0.1) is 11.3 Å². The predicted molar refractivity (Wildman–Crippen MR) is 79.8 cm³/mol. The summed E-state index contributed by atoms with van der Waals surface area (Å²) in [5, 5.41) is 0. The zero-order chi connectivity index (χ0) is 18.9. The van der Waals surface area contributed by atoms with E-state index in [9.17, 15) is 26.3 Å². The average Bonchev–Trinajstić information content (AvgIpc) is 3.06. The fourth-order valence-electron chi connectivity index (χ4n) is 2.83. The molecular weight excluding hydrogens is 362 g/mol. The van der Waals surface area contributed by atoms with Crippen molar-refractivity contribution in [2.45, 2.75) is 31.7 Å². The topological polar surface area (TPSA) is 41.9 Å². The Morgan fingerprint density at radius 1 is 0.846 bits per heavy atom. The number of pyridine rings is 1. The Morgan fingerprint density at radius 3 is 2.00 bits per heavy atom. The zero-order valence-electron chi connectivity index (χ0n) is 13.4. The van der Waals surface area contributed by atoms with Crippen LogP contribution in [-0.2, 0) is 18.9 Å². The number of halogens is 6. The molecule has 140 valence electrons. The highest BCUT2D eigenvalue weighted by molar-refractivity contribution is 5.58. The summed E-state index contributed by atoms with van der Waals surface area (Å²) in [6.07, 6.45) is -4.88. The molecule has 3 heterocycles. The van der Waals surface area contributed by atoms with E-state index in [2.05, 4.69) is 15.0 Å². The molecule has 26 heavy (non-hydrogen) atoms. The van der Waals surface area contributed by atoms with Gasteiger partial charge in [-0.25, -0.2) is 9.97 Å². The van der Waals surface area contributed by atoms with E-state index < -0.39 is 23.7 Å². The molecule has 1 fully saturated rings. The number of hydrogen-bond acceptors (Lipinski definition) is 4. The minimum atomic E-state index is -4.69. The second-order valence-corrected chi connectivity index (χ2v) is 6.00. The van der Waals surface area contributed by atoms with Gasteiger partial charge in [0.1, 0.15) is 0 Å². The first-order valence-corrected chi connectivity index (χ1v) is 7.82. The Balaban J connectivity index is 1.95. The first kappa shape index (κ1) is 18.6. The lowest BCUT2D eigenvalue weighted by atomic mass is 10.1. The van der Waals surface area contributed by atoms with E-state index in [1.807, 2.05) is 4.90 Å². The molecule has 0 spiro atoms. The maximum absolute atomic E-state index is 13.2. The smallest absolute Gasteiger partial charge is 0.299 e. The zero-order valence-corrected chi connectivity index (χ0v) is 13.4. The van der Waals surface area contributed by atoms with E-state index in [1.54, 1.807) is 0 Å². The SMILES string of the molecule is FC(F)(F)c1ncc(-c2cc(CN3CCCC3)c(C(F)(F)F)cn2)cn1. The molecule has 0 saturated carbocycles. The first-order chi connectivity index (χ1) is 12.1. The van der Waals surface area contributed by atoms with Crippen LogP contribution in [0.5, 0.6) is 0 Å². The number of alkyl halides is 6. The molecular formula is C16H14F6N4. The van der Waals surface area contributed by atoms with E-state index in [-0.39, 0.29) is 23.4 Å². The van der Waals surface area contributed by atoms with Crippen LogP contribution in [0.4, 0.5) is 26.3 Å². The standard InChI is InChI=1S/C16H14F6N4/c17-15(18,19)12-8-23-13(5-10(12)9-26-3-1-2-4-26)11-6-24-14(25-7-11)16(20,21)22/h5-8H,1-4,9H2. The highest BCUT2D eigenvalue weighted by Crippen LogP contribution is 2.34. The van der Waals surface area contributed by atoms with Gasteiger partial charge in [-0.3, -0.25) is 9.88 Å². The maximum atomic E-state index is 13.2. The second-order valence-electron chi connectivity index (χ2n) is 6.00. The third-order valence-electron chi connectivity index (χ3n) is 4.09. The summed E-state index contributed by atoms with van der Waals surface area (Å²) in [6, 6.07) is 1.24. The van der Waals surface area contributed by atoms with Crippen LogP contribution in [0, 0.1) is 0 Å². The molecule has 10 heteroatoms. The molecule has 2 aromatic heterocycles. The second kappa shape index (κ2) is 6.82. The van der Waals surface area contributed by atoms with Crippen molar-refractivity contribution in [3.63, 3.8) is 0 Å². The summed E-state index contributed by atoms with van der Waals surface area (Å²) < 4.78 is 77.3. The van der Waals surface area contributed by atoms with Crippen molar-refractivity contribution in [1.82, 2.24) is 19.9 Å². The van der Waals surface area contributed by atoms with Gasteiger partial charge in [-0.05, 0) is 37.6 Å². The Kier molecular flexibility index (Phi) is 4.87. The normalized spacial score (nSPS) is 16.2. The lowest BCUT2D eigenvalue weighted by Crippen LogP contribution is -2.21. The monoisotopic (exact) mass is 376 g/mol. The minimum Gasteiger partial charge on any atom is -0.299 e. The molecule has 0 aromatic carbocycles. The molecule has 0 N–H and O–H groups in total. The van der Waals surface area contributed by atoms with Crippen molar-refractivity contribution in [3.8, 4) is 11.3 Å². The molecule has 1 saturated heterocycles. The number of likely N-dealkylation sites (tertiary alicyclic amines) is 1. The highest BCUT2D eigenvalue weighted by atomic mass is 19.4. The van der Waals surface area contributed by atoms with Crippen LogP contribution < -0.4 is 0 Å². The molecule has 0 radical (unpaired) electrons. The number of nitrogens with zero attached hydrogens (tertiary/aromatic N) is 4. The molecule has 0 unspecified atom stereocenters. The maximum Gasteiger partial charge on any atom is 0.451 e. The van der Waals surface area contributed by atoms with Crippen molar-refractivity contribution >= 4 is 0 Å². The van der Waals surface area contributed by atoms with Crippen LogP contribution in [0.2, 0.25) is 0 Å². The van der Waals surface area contributed by atoms with E-state index in [0.717, 1.165) is 25.2 Å². The van der Waals surface area contributed by atoms with Gasteiger partial charge in [0, 0.05) is 30.7 Å². The summed E-state index contributed by atoms with van der Waals surface area (Å²) in [5.74, 6) is -1.31. The summed E-state index contributed by atoms with van der Waals surface area (Å²) in [6.45, 7) is 1.52. The van der Waals surface area contributed by atoms with Gasteiger partial charge >= 0.3 is 12.4 Å². The Labute approximate surface area is 144 Å². The number of rotatable bonds is 3. The molecule has 0 aliphatic carbocycles. The van der Waals surface area contributed by atoms with Crippen molar-refractivity contribution in [2.24, 2.45) is 0 Å². The molecule has 0 amide bonds. The molecule has 4 nitrogen and oxygen atoms in total. The molecule has 0 atom stereocenters. The van der Waals surface area contributed by atoms with E-state index in [0.29, 0.717) is 19.3 Å². The van der Waals surface area contributed by atoms with Crippen molar-refractivity contribution in [3.05, 3.63) is 41.6 Å². The van der Waals surface area contributed by atoms with Crippen molar-refractivity contribution < 1.29 is 26.3 Å². The Morgan fingerprint density at radius 2 is 1.46 bits per heavy atom. The third-order valence-corrected chi connectivity index (χ3v) is 4.09. The Hall–Kier alpha value is -2.23. The summed E-state index contributed by atoms with van der Waals surface area (Å²) in [7, 11) is 0. The fourth-order valence-corrected chi connectivity index (χ4v) is 2.83. The van der Waals surface area contributed by atoms with E-state index in [4.69, 9.17) is 0 Å². The van der Waals surface area contributed by atoms with Gasteiger partial charge in [-0.1, -0.05) is 0 Å². The number of hydrogen-bond donors (Lipinski definition) is 0. The summed E-state index contributed by atoms with van der Waals surface area (Å²) >= 11 is 0. The van der Waals surface area contributed by atoms with Gasteiger partial charge in [-0.2, -0.15) is 26.3 Å². The fraction of sp³-hybridized carbons (Fsp3) is 0.438.